The molecule has 0 unspecified atom stereocenters. The highest BCUT2D eigenvalue weighted by atomic mass is 16.1. The fourth-order valence-electron chi connectivity index (χ4n) is 3.65. The van der Waals surface area contributed by atoms with Gasteiger partial charge in [-0.3, -0.25) is 9.59 Å². The molecule has 5 rings (SSSR count). The van der Waals surface area contributed by atoms with Gasteiger partial charge in [-0.15, -0.1) is 0 Å². The van der Waals surface area contributed by atoms with E-state index in [0.717, 1.165) is 50.4 Å². The van der Waals surface area contributed by atoms with Crippen molar-refractivity contribution in [2.45, 2.75) is 38.8 Å². The van der Waals surface area contributed by atoms with Crippen LogP contribution in [0.4, 0.5) is 0 Å². The van der Waals surface area contributed by atoms with E-state index in [2.05, 4.69) is 9.97 Å². The summed E-state index contributed by atoms with van der Waals surface area (Å²) in [5, 5.41) is 0. The van der Waals surface area contributed by atoms with Crippen LogP contribution in [0.3, 0.4) is 0 Å². The average molecular weight is 268 g/mol. The van der Waals surface area contributed by atoms with E-state index < -0.39 is 0 Å². The zero-order chi connectivity index (χ0) is 13.4. The van der Waals surface area contributed by atoms with Gasteiger partial charge in [0.25, 0.3) is 0 Å². The minimum absolute atomic E-state index is 0.128. The van der Waals surface area contributed by atoms with Crippen LogP contribution < -0.4 is 0 Å². The number of aromatic nitrogens is 4. The molecule has 0 saturated heterocycles. The summed E-state index contributed by atoms with van der Waals surface area (Å²) in [6.45, 7) is 1.55. The normalized spacial score (nSPS) is 19.0. The lowest BCUT2D eigenvalue weighted by molar-refractivity contribution is 0.0963. The van der Waals surface area contributed by atoms with E-state index in [0.29, 0.717) is 22.8 Å². The van der Waals surface area contributed by atoms with Crippen LogP contribution in [0.15, 0.2) is 0 Å². The van der Waals surface area contributed by atoms with Gasteiger partial charge in [-0.05, 0) is 12.8 Å². The van der Waals surface area contributed by atoms with Crippen molar-refractivity contribution >= 4 is 11.6 Å². The molecule has 0 aromatic carbocycles. The Morgan fingerprint density at radius 3 is 1.65 bits per heavy atom. The zero-order valence-corrected chi connectivity index (χ0v) is 10.8. The topological polar surface area (TPSA) is 69.8 Å². The molecule has 2 aromatic heterocycles. The van der Waals surface area contributed by atoms with Crippen molar-refractivity contribution in [3.8, 4) is 0 Å². The van der Waals surface area contributed by atoms with Gasteiger partial charge in [0.2, 0.25) is 11.6 Å². The molecule has 2 aliphatic heterocycles. The first-order valence-corrected chi connectivity index (χ1v) is 7.04. The molecule has 3 aliphatic rings. The van der Waals surface area contributed by atoms with Gasteiger partial charge in [-0.25, -0.2) is 9.97 Å². The monoisotopic (exact) mass is 268 g/mol. The summed E-state index contributed by atoms with van der Waals surface area (Å²) in [6.07, 6.45) is 3.67. The fraction of sp³-hybridized carbons (Fsp3) is 0.429. The molecule has 0 N–H and O–H groups in total. The van der Waals surface area contributed by atoms with Gasteiger partial charge >= 0.3 is 0 Å². The van der Waals surface area contributed by atoms with Crippen LogP contribution in [0.2, 0.25) is 0 Å². The van der Waals surface area contributed by atoms with E-state index >= 15 is 0 Å². The largest absolute Gasteiger partial charge is 0.325 e. The second-order valence-electron chi connectivity index (χ2n) is 5.62. The first kappa shape index (κ1) is 10.5. The summed E-state index contributed by atoms with van der Waals surface area (Å²) in [6, 6.07) is 0. The van der Waals surface area contributed by atoms with Crippen LogP contribution in [-0.2, 0) is 25.9 Å². The Kier molecular flexibility index (Phi) is 1.71. The second kappa shape index (κ2) is 3.26. The van der Waals surface area contributed by atoms with Crippen molar-refractivity contribution in [3.63, 3.8) is 0 Å². The number of carbonyl (C=O) groups excluding carboxylic acids is 2. The van der Waals surface area contributed by atoms with Gasteiger partial charge in [0, 0.05) is 25.9 Å². The fourth-order valence-corrected chi connectivity index (χ4v) is 3.65. The predicted octanol–water partition coefficient (Wildman–Crippen LogP) is 0.747. The van der Waals surface area contributed by atoms with Crippen LogP contribution in [-0.4, -0.2) is 30.7 Å². The summed E-state index contributed by atoms with van der Waals surface area (Å²) >= 11 is 0. The molecule has 0 fully saturated rings. The molecule has 0 amide bonds. The Hall–Kier alpha value is -2.24. The van der Waals surface area contributed by atoms with Crippen LogP contribution in [0.5, 0.6) is 0 Å². The Morgan fingerprint density at radius 2 is 1.20 bits per heavy atom. The third-order valence-corrected chi connectivity index (χ3v) is 4.52. The number of nitrogens with zero attached hydrogens (tertiary/aromatic N) is 4. The number of rotatable bonds is 0. The van der Waals surface area contributed by atoms with Crippen LogP contribution in [0.25, 0.3) is 0 Å². The first-order valence-electron chi connectivity index (χ1n) is 7.04. The summed E-state index contributed by atoms with van der Waals surface area (Å²) in [7, 11) is 0. The Labute approximate surface area is 114 Å². The number of imidazole rings is 2. The molecule has 100 valence electrons. The van der Waals surface area contributed by atoms with Gasteiger partial charge < -0.3 is 9.13 Å². The zero-order valence-electron chi connectivity index (χ0n) is 10.8. The third-order valence-electron chi connectivity index (χ3n) is 4.52. The van der Waals surface area contributed by atoms with E-state index in [4.69, 9.17) is 0 Å². The third kappa shape index (κ3) is 1.03. The highest BCUT2D eigenvalue weighted by molar-refractivity contribution is 6.26. The maximum atomic E-state index is 12.7. The summed E-state index contributed by atoms with van der Waals surface area (Å²) < 4.78 is 3.81. The van der Waals surface area contributed by atoms with Gasteiger partial charge in [0.15, 0.2) is 0 Å². The Morgan fingerprint density at radius 1 is 0.750 bits per heavy atom. The molecular weight excluding hydrogens is 256 g/mol. The van der Waals surface area contributed by atoms with Crippen LogP contribution >= 0.6 is 0 Å². The van der Waals surface area contributed by atoms with Gasteiger partial charge in [0.1, 0.15) is 34.4 Å². The highest BCUT2D eigenvalue weighted by Gasteiger charge is 2.41. The van der Waals surface area contributed by atoms with Gasteiger partial charge in [0.05, 0.1) is 0 Å². The lowest BCUT2D eigenvalue weighted by Gasteiger charge is -2.12. The molecule has 4 heterocycles. The van der Waals surface area contributed by atoms with Crippen molar-refractivity contribution < 1.29 is 9.59 Å². The molecule has 2 aromatic rings. The van der Waals surface area contributed by atoms with Crippen molar-refractivity contribution in [1.29, 1.82) is 0 Å². The smallest absolute Gasteiger partial charge is 0.232 e. The van der Waals surface area contributed by atoms with E-state index in [-0.39, 0.29) is 11.6 Å². The van der Waals surface area contributed by atoms with E-state index in [1.165, 1.54) is 0 Å². The van der Waals surface area contributed by atoms with Gasteiger partial charge in [-0.1, -0.05) is 0 Å². The number of hydrogen-bond donors (Lipinski definition) is 0. The molecule has 0 bridgehead atoms. The SMILES string of the molecule is O=C1c2nc3n(c2C(=O)c2nc4n(c21)CCC4)CCC3. The molecule has 0 spiro atoms. The molecule has 1 aliphatic carbocycles. The number of carbonyl (C=O) groups is 2. The molecule has 0 saturated carbocycles. The summed E-state index contributed by atoms with van der Waals surface area (Å²) in [4.78, 5) is 34.2. The Bertz CT molecular complexity index is 743. The van der Waals surface area contributed by atoms with Crippen molar-refractivity contribution in [3.05, 3.63) is 34.4 Å². The quantitative estimate of drug-likeness (QED) is 0.603. The minimum atomic E-state index is -0.128. The molecule has 0 atom stereocenters. The molecule has 6 heteroatoms. The first-order chi connectivity index (χ1) is 9.75. The number of ketones is 2. The number of hydrogen-bond acceptors (Lipinski definition) is 4. The molecule has 6 nitrogen and oxygen atoms in total. The van der Waals surface area contributed by atoms with Gasteiger partial charge in [-0.2, -0.15) is 0 Å². The highest BCUT2D eigenvalue weighted by Crippen LogP contribution is 2.32. The van der Waals surface area contributed by atoms with Crippen molar-refractivity contribution in [1.82, 2.24) is 19.1 Å². The predicted molar refractivity (Wildman–Crippen MR) is 68.0 cm³/mol. The minimum Gasteiger partial charge on any atom is -0.325 e. The van der Waals surface area contributed by atoms with E-state index in [1.54, 1.807) is 0 Å². The summed E-state index contributed by atoms with van der Waals surface area (Å²) in [5.74, 6) is 1.47. The molecule has 20 heavy (non-hydrogen) atoms. The van der Waals surface area contributed by atoms with Crippen molar-refractivity contribution in [2.24, 2.45) is 0 Å². The maximum Gasteiger partial charge on any atom is 0.232 e. The molecule has 0 radical (unpaired) electrons. The second-order valence-corrected chi connectivity index (χ2v) is 5.62. The standard InChI is InChI=1S/C14H12N4O2/c19-13-10-12(18-6-2-4-8(18)16-10)14(20)9-11(13)17-5-1-3-7(17)15-9/h1-6H2. The number of fused-ring (bicyclic) bond motifs is 6. The lowest BCUT2D eigenvalue weighted by atomic mass is 9.98. The van der Waals surface area contributed by atoms with Crippen molar-refractivity contribution in [2.75, 3.05) is 0 Å². The molecular formula is C14H12N4O2. The van der Waals surface area contributed by atoms with E-state index in [1.807, 2.05) is 9.13 Å². The average Bonchev–Trinajstić information content (AvgIpc) is 3.13. The Balaban J connectivity index is 1.81. The lowest BCUT2D eigenvalue weighted by Crippen LogP contribution is -2.25. The van der Waals surface area contributed by atoms with Crippen LogP contribution in [0.1, 0.15) is 56.9 Å². The van der Waals surface area contributed by atoms with E-state index in [9.17, 15) is 9.59 Å². The summed E-state index contributed by atoms with van der Waals surface area (Å²) in [5.41, 5.74) is 1.61. The number of aryl methyl sites for hydroxylation is 2. The van der Waals surface area contributed by atoms with Crippen LogP contribution in [0, 0.1) is 0 Å². The maximum absolute atomic E-state index is 12.7.